The van der Waals surface area contributed by atoms with Crippen molar-refractivity contribution in [2.45, 2.75) is 19.3 Å². The third-order valence-corrected chi connectivity index (χ3v) is 2.83. The van der Waals surface area contributed by atoms with E-state index >= 15 is 0 Å². The van der Waals surface area contributed by atoms with Gasteiger partial charge in [0, 0.05) is 12.7 Å². The zero-order chi connectivity index (χ0) is 15.3. The van der Waals surface area contributed by atoms with Crippen LogP contribution in [0.25, 0.3) is 0 Å². The highest BCUT2D eigenvalue weighted by molar-refractivity contribution is 5.28. The Bertz CT molecular complexity index is 581. The summed E-state index contributed by atoms with van der Waals surface area (Å²) in [5.41, 5.74) is 0.326. The van der Waals surface area contributed by atoms with E-state index in [9.17, 15) is 13.2 Å². The summed E-state index contributed by atoms with van der Waals surface area (Å²) in [7, 11) is 1.85. The highest BCUT2D eigenvalue weighted by atomic mass is 19.4. The van der Waals surface area contributed by atoms with Crippen molar-refractivity contribution in [1.29, 1.82) is 0 Å². The number of ether oxygens (including phenoxy) is 1. The van der Waals surface area contributed by atoms with Gasteiger partial charge in [0.25, 0.3) is 0 Å². The molecule has 114 valence electrons. The first-order valence-electron chi connectivity index (χ1n) is 6.45. The lowest BCUT2D eigenvalue weighted by Crippen LogP contribution is -2.10. The quantitative estimate of drug-likeness (QED) is 0.891. The van der Waals surface area contributed by atoms with Gasteiger partial charge in [0.15, 0.2) is 0 Å². The van der Waals surface area contributed by atoms with Crippen molar-refractivity contribution in [3.63, 3.8) is 0 Å². The van der Waals surface area contributed by atoms with Gasteiger partial charge in [-0.15, -0.1) is 0 Å². The number of hydrogen-bond acceptors (Lipinski definition) is 3. The molecule has 0 aliphatic rings. The molecule has 0 unspecified atom stereocenters. The fraction of sp³-hybridized carbons (Fsp3) is 0.357. The maximum absolute atomic E-state index is 12.4. The summed E-state index contributed by atoms with van der Waals surface area (Å²) in [4.78, 5) is 0. The van der Waals surface area contributed by atoms with Crippen molar-refractivity contribution in [3.05, 3.63) is 47.8 Å². The van der Waals surface area contributed by atoms with Gasteiger partial charge in [-0.1, -0.05) is 12.1 Å². The van der Waals surface area contributed by atoms with Gasteiger partial charge in [-0.05, 0) is 24.7 Å². The zero-order valence-corrected chi connectivity index (χ0v) is 11.5. The highest BCUT2D eigenvalue weighted by Gasteiger charge is 2.32. The van der Waals surface area contributed by atoms with E-state index < -0.39 is 11.7 Å². The molecular formula is C14H16F3N3O. The van der Waals surface area contributed by atoms with Crippen LogP contribution in [0.2, 0.25) is 0 Å². The Hall–Kier alpha value is -2.02. The molecule has 0 amide bonds. The average Bonchev–Trinajstić information content (AvgIpc) is 2.88. The summed E-state index contributed by atoms with van der Waals surface area (Å²) in [6, 6.07) is 7.54. The third kappa shape index (κ3) is 4.49. The molecule has 0 fully saturated rings. The van der Waals surface area contributed by atoms with Gasteiger partial charge in [-0.25, -0.2) is 0 Å². The van der Waals surface area contributed by atoms with Crippen LogP contribution in [0.4, 0.5) is 13.2 Å². The van der Waals surface area contributed by atoms with E-state index in [1.165, 1.54) is 4.68 Å². The molecule has 0 aliphatic carbocycles. The molecule has 0 aliphatic heterocycles. The van der Waals surface area contributed by atoms with Crippen LogP contribution < -0.4 is 10.1 Å². The lowest BCUT2D eigenvalue weighted by atomic mass is 10.2. The van der Waals surface area contributed by atoms with Crippen molar-refractivity contribution >= 4 is 0 Å². The first-order valence-corrected chi connectivity index (χ1v) is 6.45. The molecule has 0 saturated carbocycles. The monoisotopic (exact) mass is 299 g/mol. The van der Waals surface area contributed by atoms with Gasteiger partial charge in [-0.2, -0.15) is 18.3 Å². The number of aromatic nitrogens is 2. The fourth-order valence-corrected chi connectivity index (χ4v) is 1.84. The van der Waals surface area contributed by atoms with Crippen LogP contribution in [0, 0.1) is 0 Å². The van der Waals surface area contributed by atoms with E-state index in [1.807, 2.05) is 31.3 Å². The van der Waals surface area contributed by atoms with Crippen molar-refractivity contribution in [2.75, 3.05) is 13.7 Å². The number of benzene rings is 1. The predicted octanol–water partition coefficient (Wildman–Crippen LogP) is 2.70. The lowest BCUT2D eigenvalue weighted by Gasteiger charge is -2.08. The Morgan fingerprint density at radius 3 is 2.81 bits per heavy atom. The topological polar surface area (TPSA) is 39.1 Å². The van der Waals surface area contributed by atoms with Gasteiger partial charge >= 0.3 is 6.18 Å². The van der Waals surface area contributed by atoms with E-state index in [1.54, 1.807) is 0 Å². The van der Waals surface area contributed by atoms with Crippen LogP contribution >= 0.6 is 0 Å². The Morgan fingerprint density at radius 1 is 1.33 bits per heavy atom. The van der Waals surface area contributed by atoms with E-state index in [0.717, 1.165) is 24.5 Å². The van der Waals surface area contributed by atoms with Crippen LogP contribution in [-0.2, 0) is 19.3 Å². The largest absolute Gasteiger partial charge is 0.492 e. The molecule has 0 saturated heterocycles. The van der Waals surface area contributed by atoms with E-state index in [0.29, 0.717) is 5.75 Å². The maximum Gasteiger partial charge on any atom is 0.419 e. The van der Waals surface area contributed by atoms with Crippen LogP contribution in [0.1, 0.15) is 11.1 Å². The number of halogens is 3. The van der Waals surface area contributed by atoms with Crippen molar-refractivity contribution in [2.24, 2.45) is 0 Å². The minimum atomic E-state index is -4.36. The standard InChI is InChI=1S/C14H16F3N3O/c1-18-8-11-3-2-4-13(7-11)21-6-5-20-10-12(9-19-20)14(15,16)17/h2-4,7,9-10,18H,5-6,8H2,1H3. The molecule has 0 bridgehead atoms. The highest BCUT2D eigenvalue weighted by Crippen LogP contribution is 2.28. The molecule has 2 rings (SSSR count). The molecule has 2 aromatic rings. The number of rotatable bonds is 6. The molecule has 1 N–H and O–H groups in total. The molecule has 1 aromatic heterocycles. The second-order valence-electron chi connectivity index (χ2n) is 4.52. The Morgan fingerprint density at radius 2 is 2.14 bits per heavy atom. The Labute approximate surface area is 120 Å². The van der Waals surface area contributed by atoms with Gasteiger partial charge in [0.1, 0.15) is 12.4 Å². The molecule has 1 aromatic carbocycles. The molecule has 21 heavy (non-hydrogen) atoms. The summed E-state index contributed by atoms with van der Waals surface area (Å²) in [5.74, 6) is 0.686. The second-order valence-corrected chi connectivity index (χ2v) is 4.52. The third-order valence-electron chi connectivity index (χ3n) is 2.83. The fourth-order valence-electron chi connectivity index (χ4n) is 1.84. The van der Waals surface area contributed by atoms with Gasteiger partial charge in [0.2, 0.25) is 0 Å². The van der Waals surface area contributed by atoms with Crippen molar-refractivity contribution in [3.8, 4) is 5.75 Å². The number of nitrogens with zero attached hydrogens (tertiary/aromatic N) is 2. The van der Waals surface area contributed by atoms with Crippen LogP contribution in [0.15, 0.2) is 36.7 Å². The number of alkyl halides is 3. The SMILES string of the molecule is CNCc1cccc(OCCn2cc(C(F)(F)F)cn2)c1. The summed E-state index contributed by atoms with van der Waals surface area (Å²) >= 11 is 0. The van der Waals surface area contributed by atoms with Gasteiger partial charge in [0.05, 0.1) is 18.3 Å². The molecule has 4 nitrogen and oxygen atoms in total. The second kappa shape index (κ2) is 6.62. The van der Waals surface area contributed by atoms with Crippen LogP contribution in [0.3, 0.4) is 0 Å². The average molecular weight is 299 g/mol. The number of nitrogens with one attached hydrogen (secondary N) is 1. The van der Waals surface area contributed by atoms with Crippen LogP contribution in [-0.4, -0.2) is 23.4 Å². The van der Waals surface area contributed by atoms with Gasteiger partial charge in [-0.3, -0.25) is 4.68 Å². The van der Waals surface area contributed by atoms with Crippen LogP contribution in [0.5, 0.6) is 5.75 Å². The van der Waals surface area contributed by atoms with E-state index in [-0.39, 0.29) is 13.2 Å². The lowest BCUT2D eigenvalue weighted by molar-refractivity contribution is -0.137. The Balaban J connectivity index is 1.87. The van der Waals surface area contributed by atoms with E-state index in [4.69, 9.17) is 4.74 Å². The van der Waals surface area contributed by atoms with E-state index in [2.05, 4.69) is 10.4 Å². The first-order chi connectivity index (χ1) is 9.99. The smallest absolute Gasteiger partial charge is 0.419 e. The maximum atomic E-state index is 12.4. The summed E-state index contributed by atoms with van der Waals surface area (Å²) in [6.45, 7) is 1.24. The number of hydrogen-bond donors (Lipinski definition) is 1. The zero-order valence-electron chi connectivity index (χ0n) is 11.5. The van der Waals surface area contributed by atoms with Crippen molar-refractivity contribution < 1.29 is 17.9 Å². The van der Waals surface area contributed by atoms with Crippen molar-refractivity contribution in [1.82, 2.24) is 15.1 Å². The normalized spacial score (nSPS) is 11.6. The minimum absolute atomic E-state index is 0.252. The molecule has 0 radical (unpaired) electrons. The summed E-state index contributed by atoms with van der Waals surface area (Å²) in [5, 5.41) is 6.70. The molecule has 1 heterocycles. The summed E-state index contributed by atoms with van der Waals surface area (Å²) in [6.07, 6.45) is -2.57. The van der Waals surface area contributed by atoms with Gasteiger partial charge < -0.3 is 10.1 Å². The molecule has 0 atom stereocenters. The first kappa shape index (κ1) is 15.4. The molecular weight excluding hydrogens is 283 g/mol. The minimum Gasteiger partial charge on any atom is -0.492 e. The molecule has 0 spiro atoms. The molecule has 7 heteroatoms. The summed E-state index contributed by atoms with van der Waals surface area (Å²) < 4.78 is 44.0. The predicted molar refractivity (Wildman–Crippen MR) is 71.9 cm³/mol. The Kier molecular flexibility index (Phi) is 4.85.